The maximum Gasteiger partial charge on any atom is 0.256 e. The number of benzene rings is 1. The lowest BCUT2D eigenvalue weighted by atomic mass is 9.48. The summed E-state index contributed by atoms with van der Waals surface area (Å²) in [6.07, 6.45) is 7.53. The van der Waals surface area contributed by atoms with E-state index in [1.807, 2.05) is 37.3 Å². The van der Waals surface area contributed by atoms with Crippen molar-refractivity contribution in [1.82, 2.24) is 0 Å². The van der Waals surface area contributed by atoms with E-state index in [-0.39, 0.29) is 17.2 Å². The summed E-state index contributed by atoms with van der Waals surface area (Å²) in [6.45, 7) is 1.89. The van der Waals surface area contributed by atoms with Crippen molar-refractivity contribution in [2.24, 2.45) is 34.2 Å². The van der Waals surface area contributed by atoms with Gasteiger partial charge in [-0.15, -0.1) is 0 Å². The Kier molecular flexibility index (Phi) is 3.60. The Bertz CT molecular complexity index is 747. The second kappa shape index (κ2) is 5.77. The van der Waals surface area contributed by atoms with Gasteiger partial charge in [-0.25, -0.2) is 5.01 Å². The smallest absolute Gasteiger partial charge is 0.256 e. The zero-order valence-corrected chi connectivity index (χ0v) is 15.4. The molecular weight excluding hydrogens is 324 g/mol. The molecule has 4 fully saturated rings. The van der Waals surface area contributed by atoms with Gasteiger partial charge in [0.05, 0.1) is 11.6 Å². The van der Waals surface area contributed by atoms with Crippen LogP contribution in [0.5, 0.6) is 0 Å². The van der Waals surface area contributed by atoms with E-state index >= 15 is 0 Å². The van der Waals surface area contributed by atoms with Crippen molar-refractivity contribution >= 4 is 23.1 Å². The van der Waals surface area contributed by atoms with Crippen LogP contribution in [0.3, 0.4) is 0 Å². The van der Waals surface area contributed by atoms with Gasteiger partial charge < -0.3 is 0 Å². The number of Topliss-reactive ketones (excluding diaryl/α,β-unsaturated/α-hetero) is 1. The summed E-state index contributed by atoms with van der Waals surface area (Å²) in [7, 11) is 0. The highest BCUT2D eigenvalue weighted by Gasteiger charge is 2.55. The van der Waals surface area contributed by atoms with Gasteiger partial charge in [0.1, 0.15) is 5.78 Å². The fourth-order valence-electron chi connectivity index (χ4n) is 6.45. The topological polar surface area (TPSA) is 49.7 Å². The third-order valence-corrected chi connectivity index (χ3v) is 7.29. The minimum Gasteiger partial charge on any atom is -0.299 e. The van der Waals surface area contributed by atoms with E-state index in [0.29, 0.717) is 12.2 Å². The average molecular weight is 350 g/mol. The molecule has 1 amide bonds. The van der Waals surface area contributed by atoms with Gasteiger partial charge in [0, 0.05) is 17.5 Å². The Morgan fingerprint density at radius 2 is 1.65 bits per heavy atom. The molecule has 1 atom stereocenters. The molecule has 4 bridgehead atoms. The zero-order chi connectivity index (χ0) is 17.9. The van der Waals surface area contributed by atoms with Crippen LogP contribution >= 0.6 is 0 Å². The summed E-state index contributed by atoms with van der Waals surface area (Å²) in [5.41, 5.74) is 1.42. The number of carbonyl (C=O) groups excluding carboxylic acids is 2. The summed E-state index contributed by atoms with van der Waals surface area (Å²) in [6, 6.07) is 9.51. The average Bonchev–Trinajstić information content (AvgIpc) is 2.89. The lowest BCUT2D eigenvalue weighted by molar-refractivity contribution is -0.145. The molecule has 1 unspecified atom stereocenters. The second-order valence-corrected chi connectivity index (χ2v) is 9.10. The number of hydrogen-bond acceptors (Lipinski definition) is 3. The van der Waals surface area contributed by atoms with Crippen LogP contribution in [-0.2, 0) is 9.59 Å². The quantitative estimate of drug-likeness (QED) is 0.817. The highest BCUT2D eigenvalue weighted by Crippen LogP contribution is 2.60. The number of nitrogens with zero attached hydrogens (tertiary/aromatic N) is 2. The van der Waals surface area contributed by atoms with Crippen LogP contribution in [0.2, 0.25) is 0 Å². The number of carbonyl (C=O) groups is 2. The van der Waals surface area contributed by atoms with Crippen LogP contribution < -0.4 is 5.01 Å². The minimum absolute atomic E-state index is 0.0493. The van der Waals surface area contributed by atoms with Crippen LogP contribution in [0.4, 0.5) is 5.69 Å². The van der Waals surface area contributed by atoms with Crippen molar-refractivity contribution in [2.75, 3.05) is 5.01 Å². The summed E-state index contributed by atoms with van der Waals surface area (Å²) in [4.78, 5) is 26.3. The van der Waals surface area contributed by atoms with Gasteiger partial charge in [-0.2, -0.15) is 5.10 Å². The Morgan fingerprint density at radius 3 is 2.23 bits per heavy atom. The Hall–Kier alpha value is -1.97. The SMILES string of the molecule is CC1=NN(c2ccccc2)C(=O)C1CC(=O)C12CC3CC(CC(C3)C1)C2. The third-order valence-electron chi connectivity index (χ3n) is 7.29. The van der Waals surface area contributed by atoms with E-state index in [1.165, 1.54) is 24.3 Å². The summed E-state index contributed by atoms with van der Waals surface area (Å²) in [5, 5.41) is 5.95. The molecule has 1 heterocycles. The Morgan fingerprint density at radius 1 is 1.08 bits per heavy atom. The molecule has 4 saturated carbocycles. The number of anilines is 1. The Labute approximate surface area is 154 Å². The van der Waals surface area contributed by atoms with E-state index in [9.17, 15) is 9.59 Å². The summed E-state index contributed by atoms with van der Waals surface area (Å²) < 4.78 is 0. The maximum absolute atomic E-state index is 13.4. The first kappa shape index (κ1) is 16.2. The molecule has 4 aliphatic carbocycles. The fraction of sp³-hybridized carbons (Fsp3) is 0.591. The number of hydrazone groups is 1. The molecule has 0 saturated heterocycles. The normalized spacial score (nSPS) is 38.0. The number of amides is 1. The van der Waals surface area contributed by atoms with Crippen molar-refractivity contribution < 1.29 is 9.59 Å². The molecule has 1 aliphatic heterocycles. The predicted molar refractivity (Wildman–Crippen MR) is 101 cm³/mol. The first-order valence-corrected chi connectivity index (χ1v) is 10.0. The largest absolute Gasteiger partial charge is 0.299 e. The van der Waals surface area contributed by atoms with Crippen molar-refractivity contribution in [3.05, 3.63) is 30.3 Å². The zero-order valence-electron chi connectivity index (χ0n) is 15.4. The fourth-order valence-corrected chi connectivity index (χ4v) is 6.45. The molecule has 4 nitrogen and oxygen atoms in total. The predicted octanol–water partition coefficient (Wildman–Crippen LogP) is 4.20. The molecule has 0 aromatic heterocycles. The van der Waals surface area contributed by atoms with Crippen LogP contribution in [0, 0.1) is 29.1 Å². The van der Waals surface area contributed by atoms with Gasteiger partial charge in [-0.05, 0) is 75.3 Å². The van der Waals surface area contributed by atoms with Gasteiger partial charge in [0.25, 0.3) is 5.91 Å². The molecule has 0 radical (unpaired) electrons. The number of para-hydroxylation sites is 1. The second-order valence-electron chi connectivity index (χ2n) is 9.10. The summed E-state index contributed by atoms with van der Waals surface area (Å²) in [5.74, 6) is 2.15. The van der Waals surface area contributed by atoms with Gasteiger partial charge in [0.2, 0.25) is 0 Å². The maximum atomic E-state index is 13.4. The van der Waals surface area contributed by atoms with Gasteiger partial charge in [-0.1, -0.05) is 18.2 Å². The molecule has 0 spiro atoms. The molecule has 1 aromatic carbocycles. The highest BCUT2D eigenvalue weighted by atomic mass is 16.2. The third kappa shape index (κ3) is 2.45. The number of ketones is 1. The van der Waals surface area contributed by atoms with E-state index < -0.39 is 0 Å². The molecule has 5 aliphatic rings. The van der Waals surface area contributed by atoms with Crippen molar-refractivity contribution in [3.8, 4) is 0 Å². The molecule has 136 valence electrons. The Balaban J connectivity index is 1.35. The van der Waals surface area contributed by atoms with Crippen molar-refractivity contribution in [1.29, 1.82) is 0 Å². The molecule has 0 N–H and O–H groups in total. The molecule has 26 heavy (non-hydrogen) atoms. The van der Waals surface area contributed by atoms with Crippen LogP contribution in [0.15, 0.2) is 35.4 Å². The number of hydrogen-bond donors (Lipinski definition) is 0. The van der Waals surface area contributed by atoms with Crippen molar-refractivity contribution in [3.63, 3.8) is 0 Å². The first-order valence-electron chi connectivity index (χ1n) is 10.0. The van der Waals surface area contributed by atoms with Crippen molar-refractivity contribution in [2.45, 2.75) is 51.9 Å². The number of rotatable bonds is 4. The van der Waals surface area contributed by atoms with Crippen LogP contribution in [0.25, 0.3) is 0 Å². The molecular formula is C22H26N2O2. The van der Waals surface area contributed by atoms with Gasteiger partial charge >= 0.3 is 0 Å². The molecule has 4 heteroatoms. The van der Waals surface area contributed by atoms with E-state index in [2.05, 4.69) is 5.10 Å². The minimum atomic E-state index is -0.379. The van der Waals surface area contributed by atoms with Gasteiger partial charge in [0.15, 0.2) is 0 Å². The highest BCUT2D eigenvalue weighted by molar-refractivity contribution is 6.16. The standard InChI is InChI=1S/C22H26N2O2/c1-14-19(21(26)24(23-14)18-5-3-2-4-6-18)10-20(25)22-11-15-7-16(12-22)9-17(8-15)13-22/h2-6,15-17,19H,7-13H2,1H3. The van der Waals surface area contributed by atoms with E-state index in [4.69, 9.17) is 0 Å². The van der Waals surface area contributed by atoms with Crippen LogP contribution in [0.1, 0.15) is 51.9 Å². The molecule has 1 aromatic rings. The first-order chi connectivity index (χ1) is 12.5. The lowest BCUT2D eigenvalue weighted by Gasteiger charge is -2.56. The lowest BCUT2D eigenvalue weighted by Crippen LogP contribution is -2.50. The van der Waals surface area contributed by atoms with E-state index in [0.717, 1.165) is 48.4 Å². The monoisotopic (exact) mass is 350 g/mol. The van der Waals surface area contributed by atoms with E-state index in [1.54, 1.807) is 0 Å². The van der Waals surface area contributed by atoms with Crippen LogP contribution in [-0.4, -0.2) is 17.4 Å². The molecule has 6 rings (SSSR count). The summed E-state index contributed by atoms with van der Waals surface area (Å²) >= 11 is 0. The van der Waals surface area contributed by atoms with Gasteiger partial charge in [-0.3, -0.25) is 9.59 Å².